The molecule has 0 bridgehead atoms. The average Bonchev–Trinajstić information content (AvgIpc) is 2.85. The summed E-state index contributed by atoms with van der Waals surface area (Å²) in [7, 11) is 0. The number of carbonyl (C=O) groups excluding carboxylic acids is 1. The number of hydrogen-bond acceptors (Lipinski definition) is 6. The van der Waals surface area contributed by atoms with E-state index in [-0.39, 0.29) is 5.69 Å². The van der Waals surface area contributed by atoms with Gasteiger partial charge in [0.05, 0.1) is 10.6 Å². The van der Waals surface area contributed by atoms with Crippen LogP contribution < -0.4 is 10.9 Å². The fraction of sp³-hybridized carbons (Fsp3) is 0. The van der Waals surface area contributed by atoms with Gasteiger partial charge < -0.3 is 0 Å². The maximum atomic E-state index is 10.5. The summed E-state index contributed by atoms with van der Waals surface area (Å²) < 4.78 is 0. The number of anilines is 1. The number of hydrazine groups is 1. The second-order valence-corrected chi connectivity index (χ2v) is 4.09. The first-order chi connectivity index (χ1) is 8.70. The summed E-state index contributed by atoms with van der Waals surface area (Å²) in [6, 6.07) is 6.10. The molecule has 0 atom stereocenters. The predicted octanol–water partition coefficient (Wildman–Crippen LogP) is 1.79. The Morgan fingerprint density at radius 3 is 2.67 bits per heavy atom. The third-order valence-corrected chi connectivity index (χ3v) is 2.87. The minimum absolute atomic E-state index is 0.0370. The summed E-state index contributed by atoms with van der Waals surface area (Å²) in [5.74, 6) is 0. The van der Waals surface area contributed by atoms with Crippen LogP contribution in [0.2, 0.25) is 0 Å². The smallest absolute Gasteiger partial charge is 0.269 e. The van der Waals surface area contributed by atoms with E-state index in [0.717, 1.165) is 5.56 Å². The van der Waals surface area contributed by atoms with E-state index in [9.17, 15) is 14.9 Å². The number of nitro benzene ring substituents is 1. The molecule has 1 aromatic carbocycles. The number of thiazole rings is 1. The zero-order chi connectivity index (χ0) is 13.0. The van der Waals surface area contributed by atoms with Crippen molar-refractivity contribution in [1.82, 2.24) is 10.4 Å². The van der Waals surface area contributed by atoms with Crippen molar-refractivity contribution in [2.45, 2.75) is 0 Å². The van der Waals surface area contributed by atoms with E-state index in [1.54, 1.807) is 17.5 Å². The Morgan fingerprint density at radius 2 is 2.06 bits per heavy atom. The topological polar surface area (TPSA) is 97.2 Å². The number of nitrogens with one attached hydrogen (secondary N) is 2. The van der Waals surface area contributed by atoms with E-state index in [0.29, 0.717) is 17.2 Å². The zero-order valence-corrected chi connectivity index (χ0v) is 9.81. The molecule has 18 heavy (non-hydrogen) atoms. The molecule has 0 aliphatic heterocycles. The van der Waals surface area contributed by atoms with Gasteiger partial charge in [0.15, 0.2) is 0 Å². The lowest BCUT2D eigenvalue weighted by atomic mass is 10.1. The summed E-state index contributed by atoms with van der Waals surface area (Å²) in [5, 5.41) is 12.8. The third-order valence-electron chi connectivity index (χ3n) is 2.12. The van der Waals surface area contributed by atoms with E-state index >= 15 is 0 Å². The van der Waals surface area contributed by atoms with E-state index < -0.39 is 4.92 Å². The van der Waals surface area contributed by atoms with Crippen molar-refractivity contribution in [1.29, 1.82) is 0 Å². The molecule has 1 amide bonds. The summed E-state index contributed by atoms with van der Waals surface area (Å²) in [6.45, 7) is 0. The molecule has 7 nitrogen and oxygen atoms in total. The molecule has 2 N–H and O–H groups in total. The molecule has 0 aliphatic rings. The molecule has 0 unspecified atom stereocenters. The Balaban J connectivity index is 2.18. The normalized spacial score (nSPS) is 9.78. The van der Waals surface area contributed by atoms with Gasteiger partial charge in [-0.25, -0.2) is 4.98 Å². The molecule has 2 aromatic rings. The lowest BCUT2D eigenvalue weighted by molar-refractivity contribution is -0.384. The van der Waals surface area contributed by atoms with Gasteiger partial charge in [0.1, 0.15) is 0 Å². The van der Waals surface area contributed by atoms with Gasteiger partial charge in [-0.2, -0.15) is 0 Å². The zero-order valence-electron chi connectivity index (χ0n) is 8.99. The monoisotopic (exact) mass is 264 g/mol. The van der Waals surface area contributed by atoms with E-state index in [1.165, 1.54) is 23.5 Å². The van der Waals surface area contributed by atoms with Gasteiger partial charge in [-0.3, -0.25) is 25.8 Å². The summed E-state index contributed by atoms with van der Waals surface area (Å²) in [6.07, 6.45) is 0.507. The average molecular weight is 264 g/mol. The van der Waals surface area contributed by atoms with Crippen molar-refractivity contribution < 1.29 is 9.72 Å². The van der Waals surface area contributed by atoms with Gasteiger partial charge in [-0.05, 0) is 12.1 Å². The fourth-order valence-electron chi connectivity index (χ4n) is 1.31. The van der Waals surface area contributed by atoms with E-state index in [4.69, 9.17) is 0 Å². The number of nitro groups is 1. The number of nitrogens with zero attached hydrogens (tertiary/aromatic N) is 2. The third kappa shape index (κ3) is 2.61. The Bertz CT molecular complexity index is 567. The summed E-state index contributed by atoms with van der Waals surface area (Å²) in [5.41, 5.74) is 6.37. The Kier molecular flexibility index (Phi) is 3.49. The van der Waals surface area contributed by atoms with Gasteiger partial charge in [0.25, 0.3) is 5.69 Å². The number of carbonyl (C=O) groups is 1. The quantitative estimate of drug-likeness (QED) is 0.487. The number of amides is 1. The highest BCUT2D eigenvalue weighted by atomic mass is 32.1. The van der Waals surface area contributed by atoms with E-state index in [2.05, 4.69) is 15.8 Å². The molecule has 1 aromatic heterocycles. The number of hydrogen-bond donors (Lipinski definition) is 2. The van der Waals surface area contributed by atoms with Crippen LogP contribution in [0.3, 0.4) is 0 Å². The van der Waals surface area contributed by atoms with Crippen molar-refractivity contribution in [3.63, 3.8) is 0 Å². The minimum Gasteiger partial charge on any atom is -0.277 e. The summed E-state index contributed by atoms with van der Waals surface area (Å²) >= 11 is 1.32. The molecule has 2 rings (SSSR count). The van der Waals surface area contributed by atoms with Crippen molar-refractivity contribution in [2.75, 3.05) is 5.43 Å². The molecule has 8 heteroatoms. The van der Waals surface area contributed by atoms with Crippen LogP contribution in [-0.2, 0) is 4.79 Å². The largest absolute Gasteiger partial charge is 0.277 e. The molecular weight excluding hydrogens is 256 g/mol. The molecule has 0 fully saturated rings. The number of non-ortho nitro benzene ring substituents is 1. The lowest BCUT2D eigenvalue weighted by Crippen LogP contribution is -2.18. The minimum atomic E-state index is -0.453. The maximum absolute atomic E-state index is 10.5. The van der Waals surface area contributed by atoms with Crippen molar-refractivity contribution >= 4 is 28.6 Å². The molecular formula is C10H8N4O3S. The van der Waals surface area contributed by atoms with Crippen LogP contribution in [0.4, 0.5) is 10.8 Å². The second-order valence-electron chi connectivity index (χ2n) is 3.23. The number of aromatic nitrogens is 1. The second kappa shape index (κ2) is 5.23. The standard InChI is InChI=1S/C10H8N4O3S/c15-6-11-13-10-12-9(5-18-10)7-1-3-8(4-2-7)14(16)17/h1-6H,(H,11,15)(H,12,13). The predicted molar refractivity (Wildman–Crippen MR) is 67.0 cm³/mol. The molecule has 0 spiro atoms. The highest BCUT2D eigenvalue weighted by molar-refractivity contribution is 7.14. The maximum Gasteiger partial charge on any atom is 0.269 e. The van der Waals surface area contributed by atoms with Crippen LogP contribution in [-0.4, -0.2) is 16.3 Å². The molecule has 0 saturated carbocycles. The number of rotatable bonds is 5. The van der Waals surface area contributed by atoms with Crippen LogP contribution in [0.25, 0.3) is 11.3 Å². The first-order valence-electron chi connectivity index (χ1n) is 4.86. The molecule has 1 heterocycles. The van der Waals surface area contributed by atoms with Crippen molar-refractivity contribution in [2.24, 2.45) is 0 Å². The molecule has 0 radical (unpaired) electrons. The van der Waals surface area contributed by atoms with Gasteiger partial charge in [0, 0.05) is 23.1 Å². The van der Waals surface area contributed by atoms with Gasteiger partial charge in [0.2, 0.25) is 11.5 Å². The number of benzene rings is 1. The molecule has 0 saturated heterocycles. The molecule has 0 aliphatic carbocycles. The Morgan fingerprint density at radius 1 is 1.33 bits per heavy atom. The van der Waals surface area contributed by atoms with Crippen LogP contribution in [0.1, 0.15) is 0 Å². The van der Waals surface area contributed by atoms with Gasteiger partial charge >= 0.3 is 0 Å². The SMILES string of the molecule is O=CNNc1nc(-c2ccc([N+](=O)[O-])cc2)cs1. The highest BCUT2D eigenvalue weighted by Gasteiger charge is 2.07. The van der Waals surface area contributed by atoms with Crippen molar-refractivity contribution in [3.05, 3.63) is 39.8 Å². The van der Waals surface area contributed by atoms with Crippen molar-refractivity contribution in [3.8, 4) is 11.3 Å². The summed E-state index contributed by atoms with van der Waals surface area (Å²) in [4.78, 5) is 24.4. The highest BCUT2D eigenvalue weighted by Crippen LogP contribution is 2.25. The first-order valence-corrected chi connectivity index (χ1v) is 5.74. The van der Waals surface area contributed by atoms with E-state index in [1.807, 2.05) is 0 Å². The fourth-order valence-corrected chi connectivity index (χ4v) is 1.99. The van der Waals surface area contributed by atoms with Crippen LogP contribution in [0.15, 0.2) is 29.6 Å². The Hall–Kier alpha value is -2.48. The van der Waals surface area contributed by atoms with Gasteiger partial charge in [-0.1, -0.05) is 0 Å². The Labute approximate surface area is 106 Å². The first kappa shape index (κ1) is 12.0. The molecule has 92 valence electrons. The van der Waals surface area contributed by atoms with Crippen LogP contribution >= 0.6 is 11.3 Å². The lowest BCUT2D eigenvalue weighted by Gasteiger charge is -1.97. The van der Waals surface area contributed by atoms with Gasteiger partial charge in [-0.15, -0.1) is 11.3 Å². The van der Waals surface area contributed by atoms with Crippen LogP contribution in [0, 0.1) is 10.1 Å². The van der Waals surface area contributed by atoms with Crippen LogP contribution in [0.5, 0.6) is 0 Å².